The monoisotopic (exact) mass is 2110 g/mol. The van der Waals surface area contributed by atoms with Crippen LogP contribution in [-0.4, -0.2) is 61.4 Å². The molecule has 534 valence electrons. The van der Waals surface area contributed by atoms with E-state index in [0.717, 1.165) is 73.8 Å². The summed E-state index contributed by atoms with van der Waals surface area (Å²) in [6, 6.07) is 71.4. The number of allylic oxidation sites excluding steroid dienone is 8. The van der Waals surface area contributed by atoms with Gasteiger partial charge in [-0.1, -0.05) is 138 Å². The van der Waals surface area contributed by atoms with Gasteiger partial charge < -0.3 is 71.5 Å². The second-order valence-corrected chi connectivity index (χ2v) is 25.5. The van der Waals surface area contributed by atoms with Crippen molar-refractivity contribution in [3.05, 3.63) is 336 Å². The van der Waals surface area contributed by atoms with E-state index < -0.39 is 29.3 Å². The van der Waals surface area contributed by atoms with Crippen molar-refractivity contribution >= 4 is 23.5 Å². The molecule has 6 heterocycles. The SMILES string of the molecule is C#C.C#CC(=O)OC.C1=CCCCCCC1.CC#N.CC=[N-].Cc1cccc(C)[c]1[Hg][Cl].[CH-]=CC=[C-]C=C(O)OC.[CH-]=CC=[CH-].[CH3-].[Ir+3].[Ir].[Ir].[c-]1c(-c2ccccn2)cccc1-c1ccccn1.[c-]1c(-c2ccccn2)cccc1-c1ccccn1.[c-]1c(-c2ccccn2)cccc1-c1ccccn1. The molecule has 10 aromatic rings. The van der Waals surface area contributed by atoms with Crippen molar-refractivity contribution in [2.75, 3.05) is 14.2 Å². The van der Waals surface area contributed by atoms with Crippen LogP contribution in [0.1, 0.15) is 63.5 Å². The van der Waals surface area contributed by atoms with Crippen LogP contribution >= 0.6 is 8.25 Å². The number of carbonyl (C=O) groups excluding carboxylic acids is 1. The Morgan fingerprint density at radius 2 is 0.825 bits per heavy atom. The van der Waals surface area contributed by atoms with Crippen LogP contribution in [0.4, 0.5) is 0 Å². The summed E-state index contributed by atoms with van der Waals surface area (Å²) in [5, 5.41) is 23.4. The van der Waals surface area contributed by atoms with Gasteiger partial charge in [0, 0.05) is 124 Å². The molecule has 2 radical (unpaired) electrons. The maximum atomic E-state index is 9.72. The zero-order valence-electron chi connectivity index (χ0n) is 58.9. The number of benzene rings is 4. The van der Waals surface area contributed by atoms with Gasteiger partial charge in [0.2, 0.25) is 0 Å². The molecule has 0 saturated carbocycles. The Morgan fingerprint density at radius 1 is 0.553 bits per heavy atom. The molecule has 0 aliphatic heterocycles. The van der Waals surface area contributed by atoms with Crippen molar-refractivity contribution in [3.8, 4) is 98.8 Å². The number of rotatable bonds is 11. The fourth-order valence-corrected chi connectivity index (χ4v) is 14.2. The first-order chi connectivity index (χ1) is 48.4. The van der Waals surface area contributed by atoms with Crippen molar-refractivity contribution in [3.63, 3.8) is 0 Å². The van der Waals surface area contributed by atoms with Crippen molar-refractivity contribution in [2.45, 2.75) is 66.2 Å². The molecule has 0 atom stereocenters. The summed E-state index contributed by atoms with van der Waals surface area (Å²) in [7, 11) is 8.56. The molecule has 0 unspecified atom stereocenters. The Bertz CT molecular complexity index is 3550. The Kier molecular flexibility index (Phi) is 66.6. The molecular weight excluding hydrogens is 2020 g/mol. The summed E-state index contributed by atoms with van der Waals surface area (Å²) in [4.78, 5) is 35.7. The number of aryl methyl sites for hydroxylation is 2. The minimum atomic E-state index is -1.17. The number of hydrogen-bond donors (Lipinski definition) is 1. The molecule has 1 aliphatic rings. The molecule has 6 aromatic heterocycles. The molecule has 1 aliphatic carbocycles. The molecule has 0 fully saturated rings. The number of aliphatic hydroxyl groups is 1. The summed E-state index contributed by atoms with van der Waals surface area (Å²) in [5.74, 6) is 0.937. The molecule has 4 aromatic carbocycles. The average molecular weight is 2110 g/mol. The minimum Gasteiger partial charge on any atom is -0.538 e. The van der Waals surface area contributed by atoms with E-state index in [2.05, 4.69) is 127 Å². The smallest absolute Gasteiger partial charge is 0.538 e. The van der Waals surface area contributed by atoms with Crippen LogP contribution in [0, 0.1) is 102 Å². The quantitative estimate of drug-likeness (QED) is 0.0150. The van der Waals surface area contributed by atoms with Gasteiger partial charge in [-0.25, -0.2) is 11.0 Å². The van der Waals surface area contributed by atoms with Gasteiger partial charge in [-0.05, 0) is 62.1 Å². The van der Waals surface area contributed by atoms with Crippen molar-refractivity contribution < 1.29 is 103 Å². The van der Waals surface area contributed by atoms with E-state index in [1.807, 2.05) is 164 Å². The minimum absolute atomic E-state index is 0. The molecule has 0 spiro atoms. The summed E-state index contributed by atoms with van der Waals surface area (Å²) < 4.78 is 9.89. The third-order valence-corrected chi connectivity index (χ3v) is 20.2. The van der Waals surface area contributed by atoms with Crippen LogP contribution in [-0.2, 0) is 97.9 Å². The zero-order valence-corrected chi connectivity index (χ0v) is 72.4. The van der Waals surface area contributed by atoms with Crippen LogP contribution in [0.15, 0.2) is 268 Å². The number of terminal acetylenes is 2. The number of methoxy groups -OCH3 is 2. The number of esters is 1. The van der Waals surface area contributed by atoms with Gasteiger partial charge in [-0.3, -0.25) is 36.0 Å². The number of nitriles is 1. The number of pyridine rings is 6. The van der Waals surface area contributed by atoms with E-state index in [0.29, 0.717) is 0 Å². The number of nitrogens with zero attached hydrogens (tertiary/aromatic N) is 8. The molecule has 0 saturated heterocycles. The number of ether oxygens (including phenoxy) is 2. The molecule has 0 bridgehead atoms. The Morgan fingerprint density at radius 3 is 1.01 bits per heavy atom. The maximum Gasteiger partial charge on any atom is 3.00 e. The van der Waals surface area contributed by atoms with E-state index in [1.54, 1.807) is 56.1 Å². The van der Waals surface area contributed by atoms with Crippen LogP contribution in [0.5, 0.6) is 0 Å². The number of aromatic nitrogens is 6. The first-order valence-electron chi connectivity index (χ1n) is 31.0. The largest absolute Gasteiger partial charge is 3.00 e. The summed E-state index contributed by atoms with van der Waals surface area (Å²) in [5.41, 5.74) is 14.2. The van der Waals surface area contributed by atoms with Crippen molar-refractivity contribution in [2.24, 2.45) is 0 Å². The summed E-state index contributed by atoms with van der Waals surface area (Å²) in [6.07, 6.45) is 46.4. The van der Waals surface area contributed by atoms with E-state index in [9.17, 15) is 4.79 Å². The Balaban J connectivity index is -0.000000552. The van der Waals surface area contributed by atoms with Gasteiger partial charge in [0.05, 0.1) is 20.3 Å². The van der Waals surface area contributed by atoms with E-state index >= 15 is 0 Å². The van der Waals surface area contributed by atoms with Crippen LogP contribution in [0.3, 0.4) is 0 Å². The van der Waals surface area contributed by atoms with Gasteiger partial charge in [0.15, 0.2) is 5.95 Å². The Hall–Kier alpha value is -9.26. The van der Waals surface area contributed by atoms with Crippen LogP contribution < -0.4 is 3.07 Å². The van der Waals surface area contributed by atoms with Crippen molar-refractivity contribution in [1.29, 1.82) is 5.26 Å². The van der Waals surface area contributed by atoms with Crippen molar-refractivity contribution in [1.82, 2.24) is 29.9 Å². The third-order valence-electron chi connectivity index (χ3n) is 12.5. The molecule has 17 heteroatoms. The average Bonchev–Trinajstić information content (AvgIpc) is 0.864. The summed E-state index contributed by atoms with van der Waals surface area (Å²) in [6.45, 7) is 21.7. The predicted octanol–water partition coefficient (Wildman–Crippen LogP) is 19.9. The topological polar surface area (TPSA) is 179 Å². The molecule has 103 heavy (non-hydrogen) atoms. The number of aliphatic hydroxyl groups excluding tert-OH is 1. The van der Waals surface area contributed by atoms with Crippen LogP contribution in [0.25, 0.3) is 73.0 Å². The van der Waals surface area contributed by atoms with Gasteiger partial charge in [0.25, 0.3) is 0 Å². The normalized spacial score (nSPS) is 9.76. The standard InChI is InChI=1S/3C16H11N2.C8H9.C8H14.C7H8O2.C4H4O2.C4H4.C2H4N.C2H3N.C2H2.CH3.ClH.Hg.3Ir/c3*1-3-10-17-15(8-1)13-6-5-7-14(12-13)16-9-2-4-11-18-16;1-7-4-3-5-8(2)6-7;1-2-4-6-8-7-5-3-1;1-3-4-5-6-7(8)9-2;1-3-4(5)6-2;1-3-4-2;2*1-2-3;1-2;;;;;;/h3*1-11H;3-5H,1-2H3;1-2H,3-8H2;1,3-4,6,8H,2H3;1H,2H3;1-4H;2H,1H3;1H3;1-2H;1H3;1H;;;;/q3*-1;;;-2;;-2;-1;;;-1;;+1;;;+3/p-1. The number of hydrogen-bond acceptors (Lipinski definition) is 11. The second kappa shape index (κ2) is 68.5. The molecular formula is C86H84ClHgIr3N8O4-6. The maximum absolute atomic E-state index is 9.72. The Labute approximate surface area is 670 Å². The molecule has 0 amide bonds. The van der Waals surface area contributed by atoms with E-state index in [4.69, 9.17) is 43.8 Å². The van der Waals surface area contributed by atoms with E-state index in [1.165, 1.54) is 104 Å². The van der Waals surface area contributed by atoms with Gasteiger partial charge in [-0.15, -0.1) is 98.1 Å². The fourth-order valence-electron chi connectivity index (χ4n) is 7.90. The van der Waals surface area contributed by atoms with Gasteiger partial charge >= 0.3 is 104 Å². The van der Waals surface area contributed by atoms with E-state index in [-0.39, 0.29) is 73.7 Å². The zero-order chi connectivity index (χ0) is 72.8. The number of halogens is 1. The molecule has 12 nitrogen and oxygen atoms in total. The van der Waals surface area contributed by atoms with Gasteiger partial charge in [0.1, 0.15) is 0 Å². The number of carbonyl (C=O) groups is 1. The molecule has 1 N–H and O–H groups in total. The first kappa shape index (κ1) is 100. The van der Waals surface area contributed by atoms with Gasteiger partial charge in [-0.2, -0.15) is 5.26 Å². The fraction of sp³-hybridized carbons (Fsp3) is 0.140. The second-order valence-electron chi connectivity index (χ2n) is 19.4. The predicted molar refractivity (Wildman–Crippen MR) is 409 cm³/mol. The molecule has 11 rings (SSSR count). The first-order valence-corrected chi connectivity index (χ1v) is 40.5. The third kappa shape index (κ3) is 46.1. The summed E-state index contributed by atoms with van der Waals surface area (Å²) >= 11 is -1.17. The van der Waals surface area contributed by atoms with Crippen LogP contribution in [0.2, 0.25) is 0 Å².